The molecule has 2 heterocycles. The van der Waals surface area contributed by atoms with Gasteiger partial charge in [-0.05, 0) is 61.0 Å². The molecule has 1 amide bonds. The number of aryl methyl sites for hydroxylation is 1. The van der Waals surface area contributed by atoms with Crippen LogP contribution in [-0.4, -0.2) is 27.7 Å². The Balaban J connectivity index is 1.58. The minimum Gasteiger partial charge on any atom is -0.493 e. The lowest BCUT2D eigenvalue weighted by atomic mass is 10.1. The van der Waals surface area contributed by atoms with Gasteiger partial charge in [0.15, 0.2) is 17.3 Å². The molecule has 8 heteroatoms. The summed E-state index contributed by atoms with van der Waals surface area (Å²) in [7, 11) is 1.58. The number of para-hydroxylation sites is 3. The van der Waals surface area contributed by atoms with Crippen molar-refractivity contribution in [1.29, 1.82) is 0 Å². The summed E-state index contributed by atoms with van der Waals surface area (Å²) in [6, 6.07) is 26.3. The molecule has 0 unspecified atom stereocenters. The number of hydrogen-bond donors (Lipinski definition) is 0. The van der Waals surface area contributed by atoms with Gasteiger partial charge in [0.2, 0.25) is 5.88 Å². The van der Waals surface area contributed by atoms with Gasteiger partial charge < -0.3 is 18.8 Å². The van der Waals surface area contributed by atoms with Crippen molar-refractivity contribution in [1.82, 2.24) is 14.7 Å². The van der Waals surface area contributed by atoms with Gasteiger partial charge in [-0.25, -0.2) is 9.07 Å². The summed E-state index contributed by atoms with van der Waals surface area (Å²) < 4.78 is 32.6. The second-order valence-electron chi connectivity index (χ2n) is 8.63. The van der Waals surface area contributed by atoms with Crippen LogP contribution in [0.5, 0.6) is 17.4 Å². The molecule has 0 radical (unpaired) electrons. The van der Waals surface area contributed by atoms with E-state index in [-0.39, 0.29) is 30.6 Å². The van der Waals surface area contributed by atoms with Crippen LogP contribution in [0.4, 0.5) is 4.39 Å². The second kappa shape index (κ2) is 11.0. The van der Waals surface area contributed by atoms with Gasteiger partial charge in [0.25, 0.3) is 5.91 Å². The highest BCUT2D eigenvalue weighted by Crippen LogP contribution is 2.36. The number of amides is 1. The molecule has 5 rings (SSSR count). The van der Waals surface area contributed by atoms with E-state index in [2.05, 4.69) is 0 Å². The number of carbonyl (C=O) groups excluding carboxylic acids is 1. The Morgan fingerprint density at radius 3 is 2.32 bits per heavy atom. The lowest BCUT2D eigenvalue weighted by Gasteiger charge is -2.23. The minimum absolute atomic E-state index is 0.167. The number of methoxy groups -OCH3 is 1. The van der Waals surface area contributed by atoms with Gasteiger partial charge in [-0.1, -0.05) is 42.5 Å². The van der Waals surface area contributed by atoms with Gasteiger partial charge in [0.05, 0.1) is 36.9 Å². The summed E-state index contributed by atoms with van der Waals surface area (Å²) in [5.41, 5.74) is 2.97. The second-order valence-corrected chi connectivity index (χ2v) is 8.63. The fourth-order valence-corrected chi connectivity index (χ4v) is 4.13. The van der Waals surface area contributed by atoms with Crippen LogP contribution in [0.15, 0.2) is 102 Å². The maximum Gasteiger partial charge on any atom is 0.290 e. The van der Waals surface area contributed by atoms with Gasteiger partial charge in [-0.2, -0.15) is 5.10 Å². The molecule has 192 valence electrons. The van der Waals surface area contributed by atoms with Crippen molar-refractivity contribution in [3.8, 4) is 23.1 Å². The Morgan fingerprint density at radius 1 is 0.921 bits per heavy atom. The van der Waals surface area contributed by atoms with E-state index in [1.807, 2.05) is 61.5 Å². The van der Waals surface area contributed by atoms with Crippen molar-refractivity contribution in [3.63, 3.8) is 0 Å². The average molecular weight is 512 g/mol. The summed E-state index contributed by atoms with van der Waals surface area (Å²) in [6.07, 6.45) is 1.46. The summed E-state index contributed by atoms with van der Waals surface area (Å²) >= 11 is 0. The van der Waals surface area contributed by atoms with Crippen LogP contribution in [0, 0.1) is 12.7 Å². The lowest BCUT2D eigenvalue weighted by molar-refractivity contribution is 0.0696. The maximum absolute atomic E-state index is 13.6. The molecule has 7 nitrogen and oxygen atoms in total. The van der Waals surface area contributed by atoms with Crippen molar-refractivity contribution < 1.29 is 23.1 Å². The standard InChI is InChI=1S/C30H26FN3O4/c1-21-25(20-33(29(35)28-13-8-18-37-28)19-22-14-16-23(31)17-15-22)30(34(32-21)24-9-4-3-5-10-24)38-27-12-7-6-11-26(27)36-2/h3-18H,19-20H2,1-2H3. The first kappa shape index (κ1) is 24.8. The predicted molar refractivity (Wildman–Crippen MR) is 140 cm³/mol. The number of halogens is 1. The first-order chi connectivity index (χ1) is 18.5. The third-order valence-corrected chi connectivity index (χ3v) is 6.07. The molecule has 0 aliphatic rings. The van der Waals surface area contributed by atoms with Gasteiger partial charge in [-0.15, -0.1) is 0 Å². The zero-order chi connectivity index (χ0) is 26.5. The SMILES string of the molecule is COc1ccccc1Oc1c(CN(Cc2ccc(F)cc2)C(=O)c2ccco2)c(C)nn1-c1ccccc1. The van der Waals surface area contributed by atoms with Crippen molar-refractivity contribution >= 4 is 5.91 Å². The maximum atomic E-state index is 13.6. The van der Waals surface area contributed by atoms with Crippen molar-refractivity contribution in [2.24, 2.45) is 0 Å². The smallest absolute Gasteiger partial charge is 0.290 e. The van der Waals surface area contributed by atoms with E-state index in [4.69, 9.17) is 19.0 Å². The number of rotatable bonds is 9. The van der Waals surface area contributed by atoms with E-state index in [0.717, 1.165) is 11.3 Å². The molecule has 0 aliphatic heterocycles. The Labute approximate surface area is 219 Å². The first-order valence-corrected chi connectivity index (χ1v) is 12.1. The molecule has 0 N–H and O–H groups in total. The monoisotopic (exact) mass is 511 g/mol. The molecule has 0 saturated heterocycles. The zero-order valence-corrected chi connectivity index (χ0v) is 21.0. The third kappa shape index (κ3) is 5.29. The number of hydrogen-bond acceptors (Lipinski definition) is 5. The Hall–Kier alpha value is -4.85. The molecule has 0 atom stereocenters. The van der Waals surface area contributed by atoms with Crippen molar-refractivity contribution in [3.05, 3.63) is 126 Å². The molecule has 0 spiro atoms. The number of benzene rings is 3. The largest absolute Gasteiger partial charge is 0.493 e. The van der Waals surface area contributed by atoms with Crippen LogP contribution in [0.1, 0.15) is 27.4 Å². The third-order valence-electron chi connectivity index (χ3n) is 6.07. The van der Waals surface area contributed by atoms with Crippen LogP contribution in [-0.2, 0) is 13.1 Å². The van der Waals surface area contributed by atoms with E-state index in [1.165, 1.54) is 18.4 Å². The minimum atomic E-state index is -0.342. The molecule has 0 fully saturated rings. The summed E-state index contributed by atoms with van der Waals surface area (Å²) in [5, 5.41) is 4.77. The summed E-state index contributed by atoms with van der Waals surface area (Å²) in [6.45, 7) is 2.27. The molecular weight excluding hydrogens is 485 g/mol. The highest BCUT2D eigenvalue weighted by molar-refractivity contribution is 5.91. The summed E-state index contributed by atoms with van der Waals surface area (Å²) in [4.78, 5) is 15.1. The molecule has 38 heavy (non-hydrogen) atoms. The van der Waals surface area contributed by atoms with Gasteiger partial charge in [0.1, 0.15) is 5.82 Å². The van der Waals surface area contributed by atoms with E-state index >= 15 is 0 Å². The van der Waals surface area contributed by atoms with Crippen LogP contribution >= 0.6 is 0 Å². The summed E-state index contributed by atoms with van der Waals surface area (Å²) in [5.74, 6) is 1.07. The molecule has 0 bridgehead atoms. The number of carbonyl (C=O) groups is 1. The number of ether oxygens (including phenoxy) is 2. The Kier molecular flexibility index (Phi) is 7.21. The van der Waals surface area contributed by atoms with E-state index in [9.17, 15) is 9.18 Å². The fourth-order valence-electron chi connectivity index (χ4n) is 4.13. The van der Waals surface area contributed by atoms with E-state index in [0.29, 0.717) is 28.6 Å². The van der Waals surface area contributed by atoms with Crippen molar-refractivity contribution in [2.75, 3.05) is 7.11 Å². The number of aromatic nitrogens is 2. The van der Waals surface area contributed by atoms with Gasteiger partial charge in [0, 0.05) is 6.54 Å². The van der Waals surface area contributed by atoms with Crippen LogP contribution in [0.2, 0.25) is 0 Å². The zero-order valence-electron chi connectivity index (χ0n) is 21.0. The highest BCUT2D eigenvalue weighted by atomic mass is 19.1. The lowest BCUT2D eigenvalue weighted by Crippen LogP contribution is -2.30. The quantitative estimate of drug-likeness (QED) is 0.224. The Bertz CT molecular complexity index is 1510. The number of furan rings is 1. The van der Waals surface area contributed by atoms with Crippen LogP contribution in [0.3, 0.4) is 0 Å². The normalized spacial score (nSPS) is 10.8. The van der Waals surface area contributed by atoms with Crippen molar-refractivity contribution in [2.45, 2.75) is 20.0 Å². The Morgan fingerprint density at radius 2 is 1.63 bits per heavy atom. The average Bonchev–Trinajstić information content (AvgIpc) is 3.59. The topological polar surface area (TPSA) is 69.7 Å². The van der Waals surface area contributed by atoms with E-state index < -0.39 is 0 Å². The first-order valence-electron chi connectivity index (χ1n) is 12.1. The molecule has 5 aromatic rings. The molecule has 0 aliphatic carbocycles. The highest BCUT2D eigenvalue weighted by Gasteiger charge is 2.26. The van der Waals surface area contributed by atoms with Gasteiger partial charge >= 0.3 is 0 Å². The molecule has 2 aromatic heterocycles. The predicted octanol–water partition coefficient (Wildman–Crippen LogP) is 6.56. The van der Waals surface area contributed by atoms with Crippen LogP contribution < -0.4 is 9.47 Å². The van der Waals surface area contributed by atoms with Gasteiger partial charge in [-0.3, -0.25) is 4.79 Å². The fraction of sp³-hybridized carbons (Fsp3) is 0.133. The van der Waals surface area contributed by atoms with E-state index in [1.54, 1.807) is 41.0 Å². The number of nitrogens with zero attached hydrogens (tertiary/aromatic N) is 3. The molecule has 3 aromatic carbocycles. The molecule has 0 saturated carbocycles. The molecular formula is C30H26FN3O4. The van der Waals surface area contributed by atoms with Crippen LogP contribution in [0.25, 0.3) is 5.69 Å².